The number of hydrogen-bond acceptors (Lipinski definition) is 4. The predicted octanol–water partition coefficient (Wildman–Crippen LogP) is 3.12. The number of nitrogens with one attached hydrogen (secondary N) is 1. The molecule has 2 aromatic rings. The largest absolute Gasteiger partial charge is 0.481 e. The molecule has 0 aliphatic heterocycles. The molecule has 0 aromatic heterocycles. The Hall–Kier alpha value is -3.24. The molecule has 2 rings (SSSR count). The highest BCUT2D eigenvalue weighted by Crippen LogP contribution is 2.21. The first-order valence-corrected chi connectivity index (χ1v) is 9.07. The molecule has 0 unspecified atom stereocenters. The summed E-state index contributed by atoms with van der Waals surface area (Å²) in [6, 6.07) is 10.9. The minimum Gasteiger partial charge on any atom is -0.481 e. The lowest BCUT2D eigenvalue weighted by Crippen LogP contribution is -2.12. The Morgan fingerprint density at radius 1 is 1.31 bits per heavy atom. The van der Waals surface area contributed by atoms with Gasteiger partial charge in [-0.25, -0.2) is 13.2 Å². The third-order valence-corrected chi connectivity index (χ3v) is 4.37. The number of anilines is 1. The molecular weight excluding hydrogens is 354 g/mol. The lowest BCUT2D eigenvalue weighted by Gasteiger charge is -2.08. The Bertz CT molecular complexity index is 987. The molecule has 6 nitrogen and oxygen atoms in total. The predicted molar refractivity (Wildman–Crippen MR) is 100 cm³/mol. The Morgan fingerprint density at radius 2 is 2.04 bits per heavy atom. The Morgan fingerprint density at radius 3 is 2.73 bits per heavy atom. The second-order valence-electron chi connectivity index (χ2n) is 5.32. The topological polar surface area (TPSA) is 92.7 Å². The molecule has 0 spiro atoms. The average molecular weight is 371 g/mol. The number of aryl methyl sites for hydroxylation is 1. The maximum absolute atomic E-state index is 12.2. The molecule has 0 saturated carbocycles. The van der Waals surface area contributed by atoms with Gasteiger partial charge in [0.15, 0.2) is 0 Å². The molecule has 0 aliphatic rings. The molecule has 0 radical (unpaired) electrons. The highest BCUT2D eigenvalue weighted by atomic mass is 32.2. The van der Waals surface area contributed by atoms with E-state index in [4.69, 9.17) is 16.3 Å². The summed E-state index contributed by atoms with van der Waals surface area (Å²) < 4.78 is 32.1. The number of terminal acetylenes is 1. The molecule has 26 heavy (non-hydrogen) atoms. The van der Waals surface area contributed by atoms with Crippen LogP contribution >= 0.6 is 0 Å². The molecule has 0 aliphatic carbocycles. The average Bonchev–Trinajstić information content (AvgIpc) is 2.60. The zero-order valence-electron chi connectivity index (χ0n) is 14.0. The minimum absolute atomic E-state index is 0.00778. The van der Waals surface area contributed by atoms with Crippen LogP contribution in [0.15, 0.2) is 47.9 Å². The maximum atomic E-state index is 12.2. The van der Waals surface area contributed by atoms with Crippen molar-refractivity contribution in [3.63, 3.8) is 0 Å². The van der Waals surface area contributed by atoms with E-state index in [1.807, 2.05) is 6.92 Å². The summed E-state index contributed by atoms with van der Waals surface area (Å²) in [6.07, 6.45) is 6.55. The van der Waals surface area contributed by atoms with E-state index >= 15 is 0 Å². The van der Waals surface area contributed by atoms with Crippen LogP contribution in [0, 0.1) is 19.3 Å². The van der Waals surface area contributed by atoms with Crippen LogP contribution in [0.2, 0.25) is 0 Å². The molecule has 134 valence electrons. The number of aromatic carboxylic acids is 1. The maximum Gasteiger partial charge on any atom is 0.337 e. The summed E-state index contributed by atoms with van der Waals surface area (Å²) >= 11 is 0. The van der Waals surface area contributed by atoms with E-state index in [0.29, 0.717) is 11.3 Å². The van der Waals surface area contributed by atoms with Crippen molar-refractivity contribution in [1.82, 2.24) is 0 Å². The van der Waals surface area contributed by atoms with Gasteiger partial charge >= 0.3 is 5.97 Å². The van der Waals surface area contributed by atoms with E-state index in [-0.39, 0.29) is 17.9 Å². The molecule has 0 heterocycles. The summed E-state index contributed by atoms with van der Waals surface area (Å²) in [7, 11) is -3.90. The number of carboxylic acid groups (broad SMARTS) is 1. The van der Waals surface area contributed by atoms with Crippen molar-refractivity contribution in [2.24, 2.45) is 0 Å². The first-order valence-electron chi connectivity index (χ1n) is 7.52. The van der Waals surface area contributed by atoms with Gasteiger partial charge in [0, 0.05) is 0 Å². The first-order chi connectivity index (χ1) is 12.3. The summed E-state index contributed by atoms with van der Waals surface area (Å²) in [4.78, 5) is 11.2. The first kappa shape index (κ1) is 19.1. The van der Waals surface area contributed by atoms with Crippen molar-refractivity contribution in [1.29, 1.82) is 0 Å². The van der Waals surface area contributed by atoms with Crippen LogP contribution < -0.4 is 9.46 Å². The van der Waals surface area contributed by atoms with Crippen LogP contribution in [0.5, 0.6) is 5.75 Å². The number of carbonyl (C=O) groups is 1. The van der Waals surface area contributed by atoms with Gasteiger partial charge in [-0.1, -0.05) is 30.2 Å². The van der Waals surface area contributed by atoms with Crippen LogP contribution in [-0.2, 0) is 10.0 Å². The van der Waals surface area contributed by atoms with Gasteiger partial charge in [-0.3, -0.25) is 4.72 Å². The van der Waals surface area contributed by atoms with E-state index in [9.17, 15) is 13.2 Å². The second-order valence-corrected chi connectivity index (χ2v) is 6.88. The van der Waals surface area contributed by atoms with Crippen molar-refractivity contribution >= 4 is 27.8 Å². The highest BCUT2D eigenvalue weighted by molar-refractivity contribution is 7.95. The molecule has 0 atom stereocenters. The van der Waals surface area contributed by atoms with Gasteiger partial charge < -0.3 is 9.84 Å². The molecule has 7 heteroatoms. The van der Waals surface area contributed by atoms with E-state index in [2.05, 4.69) is 10.6 Å². The summed E-state index contributed by atoms with van der Waals surface area (Å²) in [5.74, 6) is 1.71. The fraction of sp³-hybridized carbons (Fsp3) is 0.105. The standard InChI is InChI=1S/C19H17NO5S/c1-3-11-25-18-13-15(9-8-14(18)2)10-12-26(23,24)20-17-7-5-4-6-16(17)19(21)22/h1,4-10,12-13,20H,11H2,2H3,(H,21,22)/b12-10+. The van der Waals surface area contributed by atoms with Gasteiger partial charge in [0.1, 0.15) is 12.4 Å². The zero-order valence-corrected chi connectivity index (χ0v) is 14.8. The highest BCUT2D eigenvalue weighted by Gasteiger charge is 2.13. The number of carboxylic acids is 1. The SMILES string of the molecule is C#CCOc1cc(/C=C/S(=O)(=O)Nc2ccccc2C(=O)O)ccc1C. The molecule has 0 fully saturated rings. The lowest BCUT2D eigenvalue weighted by atomic mass is 10.1. The normalized spacial score (nSPS) is 11.1. The summed E-state index contributed by atoms with van der Waals surface area (Å²) in [5.41, 5.74) is 1.32. The van der Waals surface area contributed by atoms with Gasteiger partial charge in [-0.15, -0.1) is 6.42 Å². The molecule has 0 saturated heterocycles. The van der Waals surface area contributed by atoms with Gasteiger partial charge in [0.2, 0.25) is 0 Å². The Labute approximate surface area is 152 Å². The van der Waals surface area contributed by atoms with Crippen LogP contribution in [0.3, 0.4) is 0 Å². The number of rotatable bonds is 7. The van der Waals surface area contributed by atoms with Crippen LogP contribution in [0.4, 0.5) is 5.69 Å². The van der Waals surface area contributed by atoms with E-state index in [1.54, 1.807) is 24.3 Å². The fourth-order valence-electron chi connectivity index (χ4n) is 2.11. The van der Waals surface area contributed by atoms with Crippen molar-refractivity contribution in [2.75, 3.05) is 11.3 Å². The number of sulfonamides is 1. The van der Waals surface area contributed by atoms with Crippen LogP contribution in [0.25, 0.3) is 6.08 Å². The lowest BCUT2D eigenvalue weighted by molar-refractivity contribution is 0.0698. The van der Waals surface area contributed by atoms with E-state index in [1.165, 1.54) is 24.3 Å². The van der Waals surface area contributed by atoms with Gasteiger partial charge in [0.05, 0.1) is 16.7 Å². The third-order valence-electron chi connectivity index (χ3n) is 3.37. The van der Waals surface area contributed by atoms with Gasteiger partial charge in [-0.05, 0) is 42.3 Å². The molecule has 2 N–H and O–H groups in total. The van der Waals surface area contributed by atoms with Crippen molar-refractivity contribution in [3.8, 4) is 18.1 Å². The number of benzene rings is 2. The fourth-order valence-corrected chi connectivity index (χ4v) is 3.00. The summed E-state index contributed by atoms with van der Waals surface area (Å²) in [5, 5.41) is 10.1. The summed E-state index contributed by atoms with van der Waals surface area (Å²) in [6.45, 7) is 1.96. The molecule has 0 bridgehead atoms. The minimum atomic E-state index is -3.90. The second kappa shape index (κ2) is 8.23. The zero-order chi connectivity index (χ0) is 19.2. The Kier molecular flexibility index (Phi) is 6.04. The van der Waals surface area contributed by atoms with Gasteiger partial charge in [0.25, 0.3) is 10.0 Å². The van der Waals surface area contributed by atoms with Crippen LogP contribution in [-0.4, -0.2) is 26.1 Å². The third kappa shape index (κ3) is 5.13. The number of hydrogen-bond donors (Lipinski definition) is 2. The quantitative estimate of drug-likeness (QED) is 0.730. The van der Waals surface area contributed by atoms with E-state index in [0.717, 1.165) is 11.0 Å². The van der Waals surface area contributed by atoms with Gasteiger partial charge in [-0.2, -0.15) is 0 Å². The molecular formula is C19H17NO5S. The van der Waals surface area contributed by atoms with E-state index < -0.39 is 16.0 Å². The monoisotopic (exact) mass is 371 g/mol. The number of ether oxygens (including phenoxy) is 1. The molecule has 0 amide bonds. The smallest absolute Gasteiger partial charge is 0.337 e. The van der Waals surface area contributed by atoms with Crippen molar-refractivity contribution in [2.45, 2.75) is 6.92 Å². The van der Waals surface area contributed by atoms with Crippen molar-refractivity contribution in [3.05, 3.63) is 64.6 Å². The van der Waals surface area contributed by atoms with Crippen molar-refractivity contribution < 1.29 is 23.1 Å². The Balaban J connectivity index is 2.22. The number of para-hydroxylation sites is 1. The van der Waals surface area contributed by atoms with Crippen LogP contribution in [0.1, 0.15) is 21.5 Å². The molecule has 2 aromatic carbocycles.